The highest BCUT2D eigenvalue weighted by Gasteiger charge is 2.61. The summed E-state index contributed by atoms with van der Waals surface area (Å²) in [5.74, 6) is -0.501. The third-order valence-electron chi connectivity index (χ3n) is 14.3. The number of fused-ring (bicyclic) bond motifs is 3. The van der Waals surface area contributed by atoms with Crippen molar-refractivity contribution in [2.24, 2.45) is 5.92 Å². The van der Waals surface area contributed by atoms with E-state index in [0.29, 0.717) is 25.7 Å². The van der Waals surface area contributed by atoms with Gasteiger partial charge in [0.2, 0.25) is 0 Å². The van der Waals surface area contributed by atoms with E-state index in [-0.39, 0.29) is 38.1 Å². The van der Waals surface area contributed by atoms with Gasteiger partial charge in [-0.25, -0.2) is 19.2 Å². The topological polar surface area (TPSA) is 304 Å². The third-order valence-corrected chi connectivity index (χ3v) is 14.3. The molecule has 4 amide bonds. The maximum Gasteiger partial charge on any atom is 0.410 e. The lowest BCUT2D eigenvalue weighted by atomic mass is 9.83. The number of hydrogen-bond donors (Lipinski definition) is 9. The minimum Gasteiger partial charge on any atom is -0.445 e. The Bertz CT molecular complexity index is 2150. The van der Waals surface area contributed by atoms with Crippen molar-refractivity contribution < 1.29 is 87.3 Å². The maximum absolute atomic E-state index is 13.3. The molecule has 4 heterocycles. The van der Waals surface area contributed by atoms with Crippen molar-refractivity contribution in [2.45, 2.75) is 195 Å². The quantitative estimate of drug-likeness (QED) is 0.122. The van der Waals surface area contributed by atoms with Crippen molar-refractivity contribution in [3.63, 3.8) is 0 Å². The molecular weight excluding hydrogens is 959 g/mol. The van der Waals surface area contributed by atoms with E-state index in [0.717, 1.165) is 11.1 Å². The smallest absolute Gasteiger partial charge is 0.410 e. The summed E-state index contributed by atoms with van der Waals surface area (Å²) in [7, 11) is 1.47. The summed E-state index contributed by atoms with van der Waals surface area (Å²) in [5, 5.41) is 68.2. The number of nitrogens with zero attached hydrogens (tertiary/aromatic N) is 1. The fourth-order valence-electron chi connectivity index (χ4n) is 10.5. The van der Waals surface area contributed by atoms with E-state index in [1.807, 2.05) is 12.1 Å². The van der Waals surface area contributed by atoms with Crippen molar-refractivity contribution in [2.75, 3.05) is 13.7 Å². The zero-order valence-electron chi connectivity index (χ0n) is 41.6. The van der Waals surface area contributed by atoms with Crippen molar-refractivity contribution in [1.29, 1.82) is 0 Å². The Morgan fingerprint density at radius 1 is 0.685 bits per heavy atom. The summed E-state index contributed by atoms with van der Waals surface area (Å²) in [5.41, 5.74) is 0.822. The number of carbonyl (C=O) groups is 4. The number of rotatable bonds is 14. The molecule has 9 unspecified atom stereocenters. The van der Waals surface area contributed by atoms with Crippen LogP contribution in [0.25, 0.3) is 0 Å². The highest BCUT2D eigenvalue weighted by Crippen LogP contribution is 2.42. The van der Waals surface area contributed by atoms with E-state index >= 15 is 0 Å². The molecule has 2 aromatic carbocycles. The van der Waals surface area contributed by atoms with E-state index in [2.05, 4.69) is 21.3 Å². The molecular formula is C50H71N5O18. The van der Waals surface area contributed by atoms with Crippen molar-refractivity contribution >= 4 is 24.4 Å². The van der Waals surface area contributed by atoms with Gasteiger partial charge in [-0.15, -0.1) is 0 Å². The second kappa shape index (κ2) is 23.7. The van der Waals surface area contributed by atoms with Crippen molar-refractivity contribution in [3.8, 4) is 0 Å². The predicted molar refractivity (Wildman–Crippen MR) is 253 cm³/mol. The molecule has 0 radical (unpaired) electrons. The Hall–Kier alpha value is -4.92. The fourth-order valence-corrected chi connectivity index (χ4v) is 10.5. The molecule has 4 saturated heterocycles. The van der Waals surface area contributed by atoms with Crippen LogP contribution in [-0.2, 0) is 55.8 Å². The van der Waals surface area contributed by atoms with Gasteiger partial charge in [-0.3, -0.25) is 4.90 Å². The van der Waals surface area contributed by atoms with Crippen LogP contribution in [0, 0.1) is 5.92 Å². The first-order valence-corrected chi connectivity index (χ1v) is 25.1. The van der Waals surface area contributed by atoms with Gasteiger partial charge in [0, 0.05) is 25.0 Å². The maximum atomic E-state index is 13.3. The largest absolute Gasteiger partial charge is 0.445 e. The fraction of sp³-hybridized carbons (Fsp3) is 0.680. The molecule has 2 aliphatic carbocycles. The lowest BCUT2D eigenvalue weighted by Gasteiger charge is -2.51. The number of benzene rings is 2. The minimum atomic E-state index is -1.69. The van der Waals surface area contributed by atoms with Crippen LogP contribution >= 0.6 is 0 Å². The molecule has 404 valence electrons. The lowest BCUT2D eigenvalue weighted by molar-refractivity contribution is -0.376. The number of amides is 4. The summed E-state index contributed by atoms with van der Waals surface area (Å²) < 4.78 is 54.0. The van der Waals surface area contributed by atoms with E-state index in [1.54, 1.807) is 76.2 Å². The Kier molecular flexibility index (Phi) is 17.7. The average Bonchev–Trinajstić information content (AvgIpc) is 3.66. The minimum absolute atomic E-state index is 0.0521. The van der Waals surface area contributed by atoms with Gasteiger partial charge in [0.15, 0.2) is 25.0 Å². The predicted octanol–water partition coefficient (Wildman–Crippen LogP) is 1.63. The highest BCUT2D eigenvalue weighted by atomic mass is 16.8. The van der Waals surface area contributed by atoms with Crippen LogP contribution < -0.4 is 21.3 Å². The SMILES string of the molecule is CC1C[C@@H]2OC(O[C@H]3OC(CO)[C@@H](NC4CCC(NC(=O)OC(C)(C)C)CC4)[C@H](O)C3O)C3C(OC(=O)N3C)C2O[C@@H]1O[C@@H]1C(NC(=O)OCc2ccccc2)C[C@@H](NC(=O)OCc2ccccc2)C(O)[C@H]1O. The Morgan fingerprint density at radius 2 is 1.29 bits per heavy atom. The van der Waals surface area contributed by atoms with Gasteiger partial charge in [-0.2, -0.15) is 0 Å². The molecule has 0 bridgehead atoms. The second-order valence-electron chi connectivity index (χ2n) is 20.8. The Labute approximate surface area is 423 Å². The summed E-state index contributed by atoms with van der Waals surface area (Å²) in [6.07, 6.45) is -15.8. The number of likely N-dealkylation sites (N-methyl/N-ethyl adjacent to an activating group) is 1. The van der Waals surface area contributed by atoms with Gasteiger partial charge < -0.3 is 89.4 Å². The van der Waals surface area contributed by atoms with Crippen LogP contribution in [-0.4, -0.2) is 184 Å². The van der Waals surface area contributed by atoms with Gasteiger partial charge in [0.05, 0.1) is 30.8 Å². The number of alkyl carbamates (subject to hydrolysis) is 3. The van der Waals surface area contributed by atoms with E-state index < -0.39 is 140 Å². The first kappa shape index (κ1) is 54.3. The number of aliphatic hydroxyl groups excluding tert-OH is 5. The molecule has 2 saturated carbocycles. The molecule has 2 aromatic rings. The molecule has 8 rings (SSSR count). The number of carbonyl (C=O) groups excluding carboxylic acids is 4. The summed E-state index contributed by atoms with van der Waals surface area (Å²) in [6, 6.07) is 13.7. The van der Waals surface area contributed by atoms with E-state index in [1.165, 1.54) is 11.9 Å². The first-order chi connectivity index (χ1) is 34.8. The van der Waals surface area contributed by atoms with Crippen LogP contribution in [0.4, 0.5) is 19.2 Å². The highest BCUT2D eigenvalue weighted by molar-refractivity contribution is 5.71. The van der Waals surface area contributed by atoms with Gasteiger partial charge in [-0.1, -0.05) is 67.6 Å². The lowest BCUT2D eigenvalue weighted by Crippen LogP contribution is -2.69. The molecule has 0 aromatic heterocycles. The Balaban J connectivity index is 0.906. The zero-order valence-corrected chi connectivity index (χ0v) is 41.6. The van der Waals surface area contributed by atoms with Gasteiger partial charge in [-0.05, 0) is 70.4 Å². The molecule has 23 nitrogen and oxygen atoms in total. The molecule has 6 aliphatic rings. The van der Waals surface area contributed by atoms with Crippen LogP contribution in [0.3, 0.4) is 0 Å². The van der Waals surface area contributed by atoms with E-state index in [4.69, 9.17) is 42.6 Å². The summed E-state index contributed by atoms with van der Waals surface area (Å²) in [4.78, 5) is 53.1. The molecule has 6 fully saturated rings. The van der Waals surface area contributed by atoms with Gasteiger partial charge >= 0.3 is 24.4 Å². The molecule has 4 aliphatic heterocycles. The zero-order chi connectivity index (χ0) is 52.1. The first-order valence-electron chi connectivity index (χ1n) is 25.1. The summed E-state index contributed by atoms with van der Waals surface area (Å²) >= 11 is 0. The van der Waals surface area contributed by atoms with Crippen LogP contribution in [0.15, 0.2) is 60.7 Å². The van der Waals surface area contributed by atoms with E-state index in [9.17, 15) is 44.7 Å². The normalized spacial score (nSPS) is 37.4. The van der Waals surface area contributed by atoms with Crippen LogP contribution in [0.5, 0.6) is 0 Å². The number of ether oxygens (including phenoxy) is 9. The van der Waals surface area contributed by atoms with Crippen LogP contribution in [0.1, 0.15) is 77.3 Å². The third kappa shape index (κ3) is 13.3. The monoisotopic (exact) mass is 1030 g/mol. The average molecular weight is 1030 g/mol. The van der Waals surface area contributed by atoms with Crippen molar-refractivity contribution in [3.05, 3.63) is 71.8 Å². The molecule has 23 heteroatoms. The van der Waals surface area contributed by atoms with Gasteiger partial charge in [0.1, 0.15) is 67.6 Å². The number of nitrogens with one attached hydrogen (secondary N) is 4. The number of hydrogen-bond acceptors (Lipinski definition) is 19. The van der Waals surface area contributed by atoms with Crippen molar-refractivity contribution in [1.82, 2.24) is 26.2 Å². The molecule has 73 heavy (non-hydrogen) atoms. The van der Waals surface area contributed by atoms with Gasteiger partial charge in [0.25, 0.3) is 0 Å². The Morgan fingerprint density at radius 3 is 1.89 bits per heavy atom. The summed E-state index contributed by atoms with van der Waals surface area (Å²) in [6.45, 7) is 6.51. The van der Waals surface area contributed by atoms with Crippen LogP contribution in [0.2, 0.25) is 0 Å². The molecule has 9 N–H and O–H groups in total. The number of aliphatic hydroxyl groups is 5. The second-order valence-corrected chi connectivity index (χ2v) is 20.8. The standard InChI is InChI=1S/C50H71N5O18/c1-25-20-32-41(70-43(25)69-40-31(54-47(62)66-24-27-14-10-7-11-15-27)21-30(36(57)38(40)59)53-46(61)65-23-26-12-8-6-9-13-26)42-35(55(5)49(64)71-42)44(67-32)72-45-39(60)37(58)34(33(22-56)68-45)51-28-16-18-29(19-17-28)52-48(63)73-50(2,3)4/h6-15,25,28-45,51,56-60H,16-24H2,1-5H3,(H,52,63)(H,53,61)(H,54,62)/t25?,28?,29?,30-,31?,32+,33?,34-,35?,36?,37+,38-,39?,40-,41?,42?,43+,44?,45-/m1/s1. The molecule has 0 spiro atoms. The molecule has 17 atom stereocenters.